The van der Waals surface area contributed by atoms with Gasteiger partial charge in [0.1, 0.15) is 0 Å². The van der Waals surface area contributed by atoms with E-state index in [0.717, 1.165) is 6.54 Å². The summed E-state index contributed by atoms with van der Waals surface area (Å²) in [6.45, 7) is 6.76. The average Bonchev–Trinajstić information content (AvgIpc) is 2.36. The van der Waals surface area contributed by atoms with E-state index in [0.29, 0.717) is 17.7 Å². The average molecular weight is 314 g/mol. The minimum absolute atomic E-state index is 0.168. The quantitative estimate of drug-likeness (QED) is 0.797. The van der Waals surface area contributed by atoms with Crippen LogP contribution in [0.1, 0.15) is 25.0 Å². The van der Waals surface area contributed by atoms with Crippen molar-refractivity contribution in [3.63, 3.8) is 0 Å². The van der Waals surface area contributed by atoms with Crippen LogP contribution in [0, 0.1) is 12.3 Å². The standard InChI is InChI=1S/C15H26N2O3S/c1-12-6-7-13(9-18)8-14(12)21(19,20)16-10-15(2,3)11-17(4)5/h6-8,16,18H,9-11H2,1-5H3. The first kappa shape index (κ1) is 18.1. The zero-order valence-electron chi connectivity index (χ0n) is 13.5. The predicted octanol–water partition coefficient (Wildman–Crippen LogP) is 1.35. The molecular weight excluding hydrogens is 288 g/mol. The van der Waals surface area contributed by atoms with Gasteiger partial charge in [-0.1, -0.05) is 26.0 Å². The van der Waals surface area contributed by atoms with Gasteiger partial charge in [-0.25, -0.2) is 13.1 Å². The van der Waals surface area contributed by atoms with Gasteiger partial charge in [0, 0.05) is 13.1 Å². The Morgan fingerprint density at radius 1 is 1.29 bits per heavy atom. The lowest BCUT2D eigenvalue weighted by atomic mass is 9.93. The van der Waals surface area contributed by atoms with Gasteiger partial charge in [0.05, 0.1) is 11.5 Å². The Morgan fingerprint density at radius 3 is 2.43 bits per heavy atom. The summed E-state index contributed by atoms with van der Waals surface area (Å²) in [4.78, 5) is 2.26. The molecule has 0 bridgehead atoms. The highest BCUT2D eigenvalue weighted by Crippen LogP contribution is 2.20. The van der Waals surface area contributed by atoms with Crippen LogP contribution in [0.15, 0.2) is 23.1 Å². The molecule has 0 saturated carbocycles. The summed E-state index contributed by atoms with van der Waals surface area (Å²) in [5.41, 5.74) is 1.10. The third-order valence-corrected chi connectivity index (χ3v) is 4.75. The first-order chi connectivity index (χ1) is 9.57. The second kappa shape index (κ2) is 6.87. The molecule has 0 heterocycles. The maximum absolute atomic E-state index is 12.4. The summed E-state index contributed by atoms with van der Waals surface area (Å²) in [6.07, 6.45) is 0. The molecule has 1 aromatic rings. The molecular formula is C15H26N2O3S. The van der Waals surface area contributed by atoms with Crippen molar-refractivity contribution in [2.75, 3.05) is 27.2 Å². The number of hydrogen-bond acceptors (Lipinski definition) is 4. The second-order valence-electron chi connectivity index (χ2n) is 6.48. The molecule has 0 aliphatic heterocycles. The van der Waals surface area contributed by atoms with Crippen LogP contribution in [0.5, 0.6) is 0 Å². The van der Waals surface area contributed by atoms with E-state index < -0.39 is 10.0 Å². The monoisotopic (exact) mass is 314 g/mol. The number of hydrogen-bond donors (Lipinski definition) is 2. The molecule has 0 unspecified atom stereocenters. The summed E-state index contributed by atoms with van der Waals surface area (Å²) in [5.74, 6) is 0. The predicted molar refractivity (Wildman–Crippen MR) is 84.6 cm³/mol. The van der Waals surface area contributed by atoms with Gasteiger partial charge in [0.25, 0.3) is 0 Å². The van der Waals surface area contributed by atoms with Crippen LogP contribution in [-0.4, -0.2) is 45.6 Å². The topological polar surface area (TPSA) is 69.6 Å². The molecule has 1 rings (SSSR count). The van der Waals surface area contributed by atoms with Crippen molar-refractivity contribution in [1.82, 2.24) is 9.62 Å². The Bertz CT molecular complexity index is 581. The van der Waals surface area contributed by atoms with Crippen LogP contribution in [0.25, 0.3) is 0 Å². The molecule has 0 aromatic heterocycles. The van der Waals surface area contributed by atoms with E-state index in [4.69, 9.17) is 5.11 Å². The number of aliphatic hydroxyl groups excluding tert-OH is 1. The van der Waals surface area contributed by atoms with E-state index in [2.05, 4.69) is 4.72 Å². The Labute approximate surface area is 128 Å². The van der Waals surface area contributed by atoms with Crippen molar-refractivity contribution >= 4 is 10.0 Å². The van der Waals surface area contributed by atoms with Crippen molar-refractivity contribution in [3.8, 4) is 0 Å². The molecule has 0 aliphatic rings. The summed E-state index contributed by atoms with van der Waals surface area (Å²) in [7, 11) is 0.355. The highest BCUT2D eigenvalue weighted by Gasteiger charge is 2.24. The molecule has 5 nitrogen and oxygen atoms in total. The highest BCUT2D eigenvalue weighted by atomic mass is 32.2. The Kier molecular flexibility index (Phi) is 5.92. The van der Waals surface area contributed by atoms with Crippen LogP contribution >= 0.6 is 0 Å². The van der Waals surface area contributed by atoms with Gasteiger partial charge >= 0.3 is 0 Å². The van der Waals surface area contributed by atoms with Gasteiger partial charge in [-0.05, 0) is 43.6 Å². The number of rotatable bonds is 7. The number of aryl methyl sites for hydroxylation is 1. The fourth-order valence-electron chi connectivity index (χ4n) is 2.31. The molecule has 2 N–H and O–H groups in total. The fraction of sp³-hybridized carbons (Fsp3) is 0.600. The number of nitrogens with one attached hydrogen (secondary N) is 1. The van der Waals surface area contributed by atoms with Gasteiger partial charge in [0.15, 0.2) is 0 Å². The third kappa shape index (κ3) is 5.39. The molecule has 1 aromatic carbocycles. The van der Waals surface area contributed by atoms with Crippen LogP contribution in [-0.2, 0) is 16.6 Å². The largest absolute Gasteiger partial charge is 0.392 e. The minimum Gasteiger partial charge on any atom is -0.392 e. The van der Waals surface area contributed by atoms with Gasteiger partial charge < -0.3 is 10.0 Å². The number of benzene rings is 1. The van der Waals surface area contributed by atoms with Crippen molar-refractivity contribution in [2.24, 2.45) is 5.41 Å². The van der Waals surface area contributed by atoms with Crippen LogP contribution in [0.2, 0.25) is 0 Å². The van der Waals surface area contributed by atoms with Gasteiger partial charge in [-0.15, -0.1) is 0 Å². The molecule has 120 valence electrons. The van der Waals surface area contributed by atoms with Gasteiger partial charge in [-0.2, -0.15) is 0 Å². The van der Waals surface area contributed by atoms with Crippen molar-refractivity contribution in [2.45, 2.75) is 32.3 Å². The van der Waals surface area contributed by atoms with E-state index in [1.807, 2.05) is 32.8 Å². The van der Waals surface area contributed by atoms with Crippen molar-refractivity contribution in [3.05, 3.63) is 29.3 Å². The van der Waals surface area contributed by atoms with E-state index in [1.165, 1.54) is 6.07 Å². The molecule has 0 spiro atoms. The van der Waals surface area contributed by atoms with E-state index in [1.54, 1.807) is 19.1 Å². The molecule has 21 heavy (non-hydrogen) atoms. The summed E-state index contributed by atoms with van der Waals surface area (Å²) in [6, 6.07) is 4.96. The zero-order chi connectivity index (χ0) is 16.3. The van der Waals surface area contributed by atoms with Crippen LogP contribution < -0.4 is 4.72 Å². The lowest BCUT2D eigenvalue weighted by Crippen LogP contribution is -2.40. The maximum Gasteiger partial charge on any atom is 0.240 e. The maximum atomic E-state index is 12.4. The number of sulfonamides is 1. The first-order valence-corrected chi connectivity index (χ1v) is 8.40. The molecule has 6 heteroatoms. The molecule has 0 radical (unpaired) electrons. The molecule has 0 fully saturated rings. The number of nitrogens with zero attached hydrogens (tertiary/aromatic N) is 1. The molecule has 0 saturated heterocycles. The van der Waals surface area contributed by atoms with Crippen molar-refractivity contribution < 1.29 is 13.5 Å². The molecule has 0 aliphatic carbocycles. The van der Waals surface area contributed by atoms with Gasteiger partial charge in [-0.3, -0.25) is 0 Å². The fourth-order valence-corrected chi connectivity index (χ4v) is 3.85. The zero-order valence-corrected chi connectivity index (χ0v) is 14.3. The van der Waals surface area contributed by atoms with Crippen LogP contribution in [0.3, 0.4) is 0 Å². The molecule has 0 amide bonds. The Balaban J connectivity index is 2.92. The summed E-state index contributed by atoms with van der Waals surface area (Å²) >= 11 is 0. The Morgan fingerprint density at radius 2 is 1.90 bits per heavy atom. The third-order valence-electron chi connectivity index (χ3n) is 3.21. The van der Waals surface area contributed by atoms with Gasteiger partial charge in [0.2, 0.25) is 10.0 Å². The SMILES string of the molecule is Cc1ccc(CO)cc1S(=O)(=O)NCC(C)(C)CN(C)C. The smallest absolute Gasteiger partial charge is 0.240 e. The first-order valence-electron chi connectivity index (χ1n) is 6.92. The molecule has 0 atom stereocenters. The van der Waals surface area contributed by atoms with Crippen LogP contribution in [0.4, 0.5) is 0 Å². The van der Waals surface area contributed by atoms with E-state index >= 15 is 0 Å². The lowest BCUT2D eigenvalue weighted by Gasteiger charge is -2.28. The summed E-state index contributed by atoms with van der Waals surface area (Å²) < 4.78 is 27.6. The Hall–Kier alpha value is -0.950. The minimum atomic E-state index is -3.57. The lowest BCUT2D eigenvalue weighted by molar-refractivity contribution is 0.242. The van der Waals surface area contributed by atoms with E-state index in [9.17, 15) is 8.42 Å². The van der Waals surface area contributed by atoms with E-state index in [-0.39, 0.29) is 16.9 Å². The second-order valence-corrected chi connectivity index (χ2v) is 8.22. The normalized spacial score (nSPS) is 12.9. The summed E-state index contributed by atoms with van der Waals surface area (Å²) in [5, 5.41) is 9.16. The van der Waals surface area contributed by atoms with Crippen molar-refractivity contribution in [1.29, 1.82) is 0 Å². The number of aliphatic hydroxyl groups is 1. The highest BCUT2D eigenvalue weighted by molar-refractivity contribution is 7.89.